The van der Waals surface area contributed by atoms with Crippen molar-refractivity contribution < 1.29 is 18.7 Å². The first-order valence-corrected chi connectivity index (χ1v) is 10.1. The SMILES string of the molecule is C[C@H]1CC[C@H](C)Oc2cc(c(F)cn2)Nc2cc([nH]n2)[C@H]2CC[C@H](C2)OC(=O)N1. The number of halogens is 1. The van der Waals surface area contributed by atoms with Crippen molar-refractivity contribution >= 4 is 17.6 Å². The van der Waals surface area contributed by atoms with E-state index in [0.29, 0.717) is 18.1 Å². The average molecular weight is 403 g/mol. The van der Waals surface area contributed by atoms with E-state index in [4.69, 9.17) is 9.47 Å². The second-order valence-electron chi connectivity index (χ2n) is 7.92. The Balaban J connectivity index is 1.58. The summed E-state index contributed by atoms with van der Waals surface area (Å²) in [7, 11) is 0. The second-order valence-corrected chi connectivity index (χ2v) is 7.92. The van der Waals surface area contributed by atoms with Crippen LogP contribution >= 0.6 is 0 Å². The average Bonchev–Trinajstić information content (AvgIpc) is 3.31. The number of alkyl carbamates (subject to hydrolysis) is 1. The van der Waals surface area contributed by atoms with Gasteiger partial charge >= 0.3 is 6.09 Å². The Bertz CT molecular complexity index is 874. The van der Waals surface area contributed by atoms with Crippen LogP contribution in [-0.4, -0.2) is 39.5 Å². The molecule has 29 heavy (non-hydrogen) atoms. The number of carbonyl (C=O) groups excluding carboxylic acids is 1. The van der Waals surface area contributed by atoms with E-state index in [1.807, 2.05) is 19.9 Å². The number of nitrogens with zero attached hydrogens (tertiary/aromatic N) is 2. The molecule has 0 unspecified atom stereocenters. The largest absolute Gasteiger partial charge is 0.475 e. The van der Waals surface area contributed by atoms with Crippen molar-refractivity contribution in [3.05, 3.63) is 29.8 Å². The van der Waals surface area contributed by atoms with Gasteiger partial charge in [0.15, 0.2) is 11.6 Å². The fraction of sp³-hybridized carbons (Fsp3) is 0.550. The van der Waals surface area contributed by atoms with E-state index in [1.165, 1.54) is 6.07 Å². The Kier molecular flexibility index (Phi) is 5.55. The van der Waals surface area contributed by atoms with Crippen LogP contribution in [0.25, 0.3) is 0 Å². The number of anilines is 2. The lowest BCUT2D eigenvalue weighted by molar-refractivity contribution is 0.0964. The van der Waals surface area contributed by atoms with Gasteiger partial charge in [0.2, 0.25) is 5.88 Å². The molecule has 1 amide bonds. The number of hydrogen-bond donors (Lipinski definition) is 3. The van der Waals surface area contributed by atoms with Crippen molar-refractivity contribution in [1.82, 2.24) is 20.5 Å². The number of pyridine rings is 1. The minimum atomic E-state index is -0.477. The minimum Gasteiger partial charge on any atom is -0.475 e. The van der Waals surface area contributed by atoms with Crippen molar-refractivity contribution in [2.24, 2.45) is 0 Å². The number of nitrogens with one attached hydrogen (secondary N) is 3. The molecule has 3 heterocycles. The summed E-state index contributed by atoms with van der Waals surface area (Å²) >= 11 is 0. The molecule has 4 rings (SSSR count). The Morgan fingerprint density at radius 1 is 1.14 bits per heavy atom. The molecule has 1 aliphatic heterocycles. The van der Waals surface area contributed by atoms with Gasteiger partial charge in [-0.3, -0.25) is 5.10 Å². The molecule has 1 saturated carbocycles. The second kappa shape index (κ2) is 8.26. The molecule has 1 fully saturated rings. The monoisotopic (exact) mass is 403 g/mol. The molecule has 3 N–H and O–H groups in total. The van der Waals surface area contributed by atoms with Crippen molar-refractivity contribution in [1.29, 1.82) is 0 Å². The van der Waals surface area contributed by atoms with Gasteiger partial charge in [-0.25, -0.2) is 14.2 Å². The molecular formula is C20H26FN5O3. The van der Waals surface area contributed by atoms with E-state index in [-0.39, 0.29) is 35.9 Å². The molecular weight excluding hydrogens is 377 g/mol. The normalized spacial score (nSPS) is 27.6. The maximum absolute atomic E-state index is 14.2. The molecule has 9 heteroatoms. The number of rotatable bonds is 0. The summed E-state index contributed by atoms with van der Waals surface area (Å²) in [5.41, 5.74) is 1.20. The third-order valence-electron chi connectivity index (χ3n) is 5.48. The number of carbonyl (C=O) groups is 1. The highest BCUT2D eigenvalue weighted by Gasteiger charge is 2.30. The van der Waals surface area contributed by atoms with E-state index < -0.39 is 5.82 Å². The zero-order chi connectivity index (χ0) is 20.4. The highest BCUT2D eigenvalue weighted by atomic mass is 19.1. The summed E-state index contributed by atoms with van der Waals surface area (Å²) in [5.74, 6) is 0.585. The number of hydrogen-bond acceptors (Lipinski definition) is 6. The van der Waals surface area contributed by atoms with E-state index in [2.05, 4.69) is 25.8 Å². The van der Waals surface area contributed by atoms with Gasteiger partial charge in [-0.1, -0.05) is 0 Å². The molecule has 0 radical (unpaired) electrons. The van der Waals surface area contributed by atoms with Gasteiger partial charge in [0.05, 0.1) is 18.0 Å². The van der Waals surface area contributed by atoms with Gasteiger partial charge in [0, 0.05) is 29.8 Å². The Labute approximate surface area is 168 Å². The Hall–Kier alpha value is -2.84. The maximum Gasteiger partial charge on any atom is 0.407 e. The highest BCUT2D eigenvalue weighted by Crippen LogP contribution is 2.36. The van der Waals surface area contributed by atoms with Crippen LogP contribution in [0.2, 0.25) is 0 Å². The van der Waals surface area contributed by atoms with Crippen molar-refractivity contribution in [3.8, 4) is 5.88 Å². The number of aromatic nitrogens is 3. The van der Waals surface area contributed by atoms with Crippen LogP contribution in [0, 0.1) is 5.82 Å². The van der Waals surface area contributed by atoms with Gasteiger partial charge in [0.1, 0.15) is 6.10 Å². The summed E-state index contributed by atoms with van der Waals surface area (Å²) in [6.07, 6.45) is 4.37. The van der Waals surface area contributed by atoms with E-state index in [9.17, 15) is 9.18 Å². The predicted octanol–water partition coefficient (Wildman–Crippen LogP) is 4.00. The molecule has 2 aromatic rings. The molecule has 2 aromatic heterocycles. The number of amides is 1. The third kappa shape index (κ3) is 4.78. The lowest BCUT2D eigenvalue weighted by atomic mass is 10.0. The van der Waals surface area contributed by atoms with Crippen LogP contribution in [0.1, 0.15) is 57.6 Å². The minimum absolute atomic E-state index is 0.0433. The first-order valence-electron chi connectivity index (χ1n) is 10.1. The number of fused-ring (bicyclic) bond motifs is 7. The number of ether oxygens (including phenoxy) is 2. The van der Waals surface area contributed by atoms with Crippen molar-refractivity contribution in [2.45, 2.75) is 70.1 Å². The molecule has 8 nitrogen and oxygen atoms in total. The first kappa shape index (κ1) is 19.5. The van der Waals surface area contributed by atoms with Crippen molar-refractivity contribution in [3.63, 3.8) is 0 Å². The zero-order valence-electron chi connectivity index (χ0n) is 16.6. The van der Waals surface area contributed by atoms with Crippen LogP contribution in [0.4, 0.5) is 20.7 Å². The van der Waals surface area contributed by atoms with E-state index in [0.717, 1.165) is 37.6 Å². The predicted molar refractivity (Wildman–Crippen MR) is 105 cm³/mol. The molecule has 0 saturated heterocycles. The standard InChI is InChI=1S/C20H26FN5O3/c1-11-3-4-12(2)28-19-9-17(15(21)10-22-19)24-18-8-16(25-26-18)13-5-6-14(7-13)29-20(27)23-11/h8-14H,3-7H2,1-2H3,(H,23,27)(H2,24,25,26)/t11-,12-,13-,14+/m0/s1. The topological polar surface area (TPSA) is 101 Å². The molecule has 1 aliphatic carbocycles. The molecule has 156 valence electrons. The lowest BCUT2D eigenvalue weighted by Crippen LogP contribution is -2.35. The van der Waals surface area contributed by atoms with E-state index in [1.54, 1.807) is 0 Å². The van der Waals surface area contributed by atoms with Crippen LogP contribution < -0.4 is 15.4 Å². The quantitative estimate of drug-likeness (QED) is 0.615. The molecule has 2 aliphatic rings. The van der Waals surface area contributed by atoms with Crippen LogP contribution in [0.3, 0.4) is 0 Å². The van der Waals surface area contributed by atoms with E-state index >= 15 is 0 Å². The van der Waals surface area contributed by atoms with Crippen LogP contribution in [0.15, 0.2) is 18.3 Å². The highest BCUT2D eigenvalue weighted by molar-refractivity contribution is 5.67. The molecule has 4 atom stereocenters. The summed E-state index contributed by atoms with van der Waals surface area (Å²) in [6.45, 7) is 3.86. The summed E-state index contributed by atoms with van der Waals surface area (Å²) in [5, 5.41) is 13.1. The Morgan fingerprint density at radius 2 is 2.00 bits per heavy atom. The van der Waals surface area contributed by atoms with Gasteiger partial charge in [-0.05, 0) is 46.0 Å². The number of aromatic amines is 1. The maximum atomic E-state index is 14.2. The summed E-state index contributed by atoms with van der Waals surface area (Å²) < 4.78 is 25.6. The Morgan fingerprint density at radius 3 is 2.86 bits per heavy atom. The van der Waals surface area contributed by atoms with Gasteiger partial charge in [-0.2, -0.15) is 5.10 Å². The van der Waals surface area contributed by atoms with Gasteiger partial charge in [-0.15, -0.1) is 0 Å². The summed E-state index contributed by atoms with van der Waals surface area (Å²) in [6, 6.07) is 3.35. The lowest BCUT2D eigenvalue weighted by Gasteiger charge is -2.19. The smallest absolute Gasteiger partial charge is 0.407 e. The van der Waals surface area contributed by atoms with Gasteiger partial charge < -0.3 is 20.1 Å². The third-order valence-corrected chi connectivity index (χ3v) is 5.48. The molecule has 0 aromatic carbocycles. The zero-order valence-corrected chi connectivity index (χ0v) is 16.6. The van der Waals surface area contributed by atoms with Crippen LogP contribution in [0.5, 0.6) is 5.88 Å². The number of H-pyrrole nitrogens is 1. The van der Waals surface area contributed by atoms with Crippen LogP contribution in [-0.2, 0) is 4.74 Å². The fourth-order valence-electron chi connectivity index (χ4n) is 3.87. The van der Waals surface area contributed by atoms with Gasteiger partial charge in [0.25, 0.3) is 0 Å². The summed E-state index contributed by atoms with van der Waals surface area (Å²) in [4.78, 5) is 16.2. The molecule has 0 spiro atoms. The van der Waals surface area contributed by atoms with Crippen molar-refractivity contribution in [2.75, 3.05) is 5.32 Å². The fourth-order valence-corrected chi connectivity index (χ4v) is 3.87. The molecule has 6 bridgehead atoms. The first-order chi connectivity index (χ1) is 14.0.